The average Bonchev–Trinajstić information content (AvgIpc) is 3.57. The molecular formula is C34H39ClFN5O4. The number of carbonyl (C=O) groups excluding carboxylic acids is 2. The van der Waals surface area contributed by atoms with E-state index in [1.165, 1.54) is 13.2 Å². The highest BCUT2D eigenvalue weighted by Crippen LogP contribution is 2.52. The van der Waals surface area contributed by atoms with Crippen LogP contribution in [0.1, 0.15) is 70.9 Å². The van der Waals surface area contributed by atoms with Gasteiger partial charge in [-0.15, -0.1) is 0 Å². The van der Waals surface area contributed by atoms with Gasteiger partial charge in [0.2, 0.25) is 0 Å². The third kappa shape index (κ3) is 5.42. The number of piperazine rings is 1. The summed E-state index contributed by atoms with van der Waals surface area (Å²) in [6.07, 6.45) is 2.62. The zero-order chi connectivity index (χ0) is 32.3. The average molecular weight is 636 g/mol. The molecule has 4 heterocycles. The molecule has 1 saturated heterocycles. The van der Waals surface area contributed by atoms with Crippen molar-refractivity contribution in [1.82, 2.24) is 14.9 Å². The van der Waals surface area contributed by atoms with E-state index in [0.29, 0.717) is 48.8 Å². The fourth-order valence-electron chi connectivity index (χ4n) is 7.41. The number of aromatic nitrogens is 2. The largest absolute Gasteiger partial charge is 0.465 e. The molecule has 2 atom stereocenters. The van der Waals surface area contributed by atoms with Crippen LogP contribution in [-0.2, 0) is 14.9 Å². The first-order valence-electron chi connectivity index (χ1n) is 15.3. The van der Waals surface area contributed by atoms with Crippen molar-refractivity contribution in [1.29, 1.82) is 0 Å². The van der Waals surface area contributed by atoms with E-state index in [1.807, 2.05) is 50.8 Å². The van der Waals surface area contributed by atoms with E-state index < -0.39 is 17.3 Å². The summed E-state index contributed by atoms with van der Waals surface area (Å²) >= 11 is 5.99. The molecule has 1 aliphatic carbocycles. The van der Waals surface area contributed by atoms with E-state index in [2.05, 4.69) is 9.80 Å². The second kappa shape index (κ2) is 11.6. The molecule has 1 aromatic carbocycles. The van der Waals surface area contributed by atoms with E-state index in [-0.39, 0.29) is 22.4 Å². The van der Waals surface area contributed by atoms with Gasteiger partial charge in [-0.1, -0.05) is 11.6 Å². The molecule has 3 aliphatic rings. The number of nitrogens with zero attached hydrogens (tertiary/aromatic N) is 5. The SMILES string of the molecule is COC(=O)c1c(C)cc(N2CCN(C(=O)c3ccc4c(n3)[C@@]3(CC[C@H](OC)C3)CN4c3ccc(Cl)c(F)c3)C(C)(C)C2)nc1C. The second-order valence-electron chi connectivity index (χ2n) is 13.1. The Labute approximate surface area is 268 Å². The van der Waals surface area contributed by atoms with Gasteiger partial charge in [0.05, 0.1) is 46.4 Å². The lowest BCUT2D eigenvalue weighted by Gasteiger charge is -2.47. The number of halogens is 2. The Balaban J connectivity index is 1.28. The molecule has 11 heteroatoms. The molecule has 45 heavy (non-hydrogen) atoms. The summed E-state index contributed by atoms with van der Waals surface area (Å²) < 4.78 is 25.2. The fourth-order valence-corrected chi connectivity index (χ4v) is 7.53. The summed E-state index contributed by atoms with van der Waals surface area (Å²) in [5, 5.41) is 0.0780. The molecule has 2 fully saturated rings. The van der Waals surface area contributed by atoms with Gasteiger partial charge in [0.1, 0.15) is 17.3 Å². The number of hydrogen-bond acceptors (Lipinski definition) is 8. The highest BCUT2D eigenvalue weighted by atomic mass is 35.5. The Kier molecular flexibility index (Phi) is 8.02. The lowest BCUT2D eigenvalue weighted by molar-refractivity contribution is 0.0505. The van der Waals surface area contributed by atoms with E-state index in [4.69, 9.17) is 31.0 Å². The standard InChI is InChI=1S/C34H39ClFN5O4/c1-20-15-28(37-21(2)29(20)32(43)45-6)39-13-14-41(33(3,4)18-39)31(42)26-9-10-27-30(38-26)34(12-11-23(17-34)44-5)19-40(27)22-7-8-24(35)25(36)16-22/h7-10,15-16,23H,11-14,17-19H2,1-6H3/t23-,34+/m0/s1. The van der Waals surface area contributed by atoms with Gasteiger partial charge in [0.25, 0.3) is 5.91 Å². The van der Waals surface area contributed by atoms with Gasteiger partial charge >= 0.3 is 5.97 Å². The lowest BCUT2D eigenvalue weighted by atomic mass is 9.84. The van der Waals surface area contributed by atoms with Crippen molar-refractivity contribution in [2.24, 2.45) is 0 Å². The van der Waals surface area contributed by atoms with Crippen LogP contribution in [0, 0.1) is 19.7 Å². The Morgan fingerprint density at radius 2 is 1.82 bits per heavy atom. The molecule has 3 aromatic rings. The summed E-state index contributed by atoms with van der Waals surface area (Å²) in [5.74, 6) is -0.236. The number of amides is 1. The topological polar surface area (TPSA) is 88.1 Å². The van der Waals surface area contributed by atoms with Gasteiger partial charge < -0.3 is 24.2 Å². The molecule has 0 unspecified atom stereocenters. The molecule has 238 valence electrons. The summed E-state index contributed by atoms with van der Waals surface area (Å²) in [6, 6.07) is 10.5. The van der Waals surface area contributed by atoms with Crippen molar-refractivity contribution in [3.05, 3.63) is 75.4 Å². The monoisotopic (exact) mass is 635 g/mol. The maximum Gasteiger partial charge on any atom is 0.339 e. The first-order chi connectivity index (χ1) is 21.4. The number of esters is 1. The van der Waals surface area contributed by atoms with Crippen LogP contribution in [0.4, 0.5) is 21.6 Å². The Morgan fingerprint density at radius 1 is 1.04 bits per heavy atom. The molecule has 9 nitrogen and oxygen atoms in total. The van der Waals surface area contributed by atoms with E-state index >= 15 is 0 Å². The van der Waals surface area contributed by atoms with Gasteiger partial charge in [0.15, 0.2) is 0 Å². The molecular weight excluding hydrogens is 597 g/mol. The van der Waals surface area contributed by atoms with Crippen molar-refractivity contribution >= 4 is 40.7 Å². The van der Waals surface area contributed by atoms with Crippen molar-refractivity contribution in [2.75, 3.05) is 50.2 Å². The van der Waals surface area contributed by atoms with Crippen LogP contribution in [0.5, 0.6) is 0 Å². The van der Waals surface area contributed by atoms with Gasteiger partial charge in [0, 0.05) is 44.4 Å². The quantitative estimate of drug-likeness (QED) is 0.316. The number of rotatable bonds is 5. The van der Waals surface area contributed by atoms with Gasteiger partial charge in [-0.25, -0.2) is 19.2 Å². The highest BCUT2D eigenvalue weighted by molar-refractivity contribution is 6.30. The van der Waals surface area contributed by atoms with Gasteiger partial charge in [-0.05, 0) is 88.9 Å². The van der Waals surface area contributed by atoms with E-state index in [9.17, 15) is 14.0 Å². The van der Waals surface area contributed by atoms with Gasteiger partial charge in [-0.2, -0.15) is 0 Å². The van der Waals surface area contributed by atoms with Crippen LogP contribution in [0.25, 0.3) is 0 Å². The first kappa shape index (κ1) is 31.2. The zero-order valence-electron chi connectivity index (χ0n) is 26.6. The number of fused-ring (bicyclic) bond motifs is 2. The first-order valence-corrected chi connectivity index (χ1v) is 15.7. The molecule has 1 spiro atoms. The minimum Gasteiger partial charge on any atom is -0.465 e. The van der Waals surface area contributed by atoms with Crippen molar-refractivity contribution in [2.45, 2.75) is 64.0 Å². The molecule has 0 N–H and O–H groups in total. The normalized spacial score (nSPS) is 22.2. The van der Waals surface area contributed by atoms with Crippen LogP contribution in [0.3, 0.4) is 0 Å². The highest BCUT2D eigenvalue weighted by Gasteiger charge is 2.50. The second-order valence-corrected chi connectivity index (χ2v) is 13.5. The van der Waals surface area contributed by atoms with Crippen LogP contribution in [-0.4, -0.2) is 78.8 Å². The predicted octanol–water partition coefficient (Wildman–Crippen LogP) is 6.00. The predicted molar refractivity (Wildman–Crippen MR) is 171 cm³/mol. The fraction of sp³-hybridized carbons (Fsp3) is 0.471. The number of ether oxygens (including phenoxy) is 2. The molecule has 2 aromatic heterocycles. The number of pyridine rings is 2. The van der Waals surface area contributed by atoms with Crippen molar-refractivity contribution < 1.29 is 23.5 Å². The molecule has 0 bridgehead atoms. The minimum atomic E-state index is -0.528. The molecule has 0 radical (unpaired) electrons. The Morgan fingerprint density at radius 3 is 2.47 bits per heavy atom. The maximum atomic E-state index is 14.5. The summed E-state index contributed by atoms with van der Waals surface area (Å²) in [5.41, 5.74) is 3.89. The van der Waals surface area contributed by atoms with Crippen molar-refractivity contribution in [3.63, 3.8) is 0 Å². The zero-order valence-corrected chi connectivity index (χ0v) is 27.4. The van der Waals surface area contributed by atoms with Crippen molar-refractivity contribution in [3.8, 4) is 0 Å². The number of carbonyl (C=O) groups is 2. The summed E-state index contributed by atoms with van der Waals surface area (Å²) in [4.78, 5) is 42.3. The Hall–Kier alpha value is -3.76. The molecule has 1 amide bonds. The molecule has 6 rings (SSSR count). The minimum absolute atomic E-state index is 0.0780. The van der Waals surface area contributed by atoms with Crippen LogP contribution in [0.2, 0.25) is 5.02 Å². The smallest absolute Gasteiger partial charge is 0.339 e. The van der Waals surface area contributed by atoms with Crippen LogP contribution in [0.15, 0.2) is 36.4 Å². The third-order valence-electron chi connectivity index (χ3n) is 9.70. The molecule has 2 aliphatic heterocycles. The number of benzene rings is 1. The maximum absolute atomic E-state index is 14.5. The van der Waals surface area contributed by atoms with E-state index in [1.54, 1.807) is 19.2 Å². The lowest BCUT2D eigenvalue weighted by Crippen LogP contribution is -2.61. The van der Waals surface area contributed by atoms with Gasteiger partial charge in [-0.3, -0.25) is 4.79 Å². The Bertz CT molecular complexity index is 1660. The number of aryl methyl sites for hydroxylation is 2. The van der Waals surface area contributed by atoms with Crippen LogP contribution < -0.4 is 9.80 Å². The van der Waals surface area contributed by atoms with E-state index in [0.717, 1.165) is 42.0 Å². The molecule has 1 saturated carbocycles. The van der Waals surface area contributed by atoms with Crippen LogP contribution >= 0.6 is 11.6 Å². The summed E-state index contributed by atoms with van der Waals surface area (Å²) in [6.45, 7) is 10.0. The summed E-state index contributed by atoms with van der Waals surface area (Å²) in [7, 11) is 3.09. The third-order valence-corrected chi connectivity index (χ3v) is 10.0. The number of methoxy groups -OCH3 is 2. The number of anilines is 3. The number of hydrogen-bond donors (Lipinski definition) is 0.